The van der Waals surface area contributed by atoms with Crippen LogP contribution in [0.5, 0.6) is 0 Å². The maximum atomic E-state index is 12.3. The zero-order chi connectivity index (χ0) is 18.9. The van der Waals surface area contributed by atoms with Gasteiger partial charge in [-0.05, 0) is 87.9 Å². The lowest BCUT2D eigenvalue weighted by Gasteiger charge is -2.60. The summed E-state index contributed by atoms with van der Waals surface area (Å²) in [6.07, 6.45) is 14.2. The van der Waals surface area contributed by atoms with E-state index in [1.54, 1.807) is 7.11 Å². The molecule has 0 saturated heterocycles. The highest BCUT2D eigenvalue weighted by atomic mass is 16.5. The van der Waals surface area contributed by atoms with Crippen molar-refractivity contribution in [1.82, 2.24) is 10.6 Å². The Morgan fingerprint density at radius 3 is 2.30 bits per heavy atom. The number of ether oxygens (including phenoxy) is 1. The predicted molar refractivity (Wildman–Crippen MR) is 104 cm³/mol. The molecule has 0 heterocycles. The average Bonchev–Trinajstić information content (AvgIpc) is 2.68. The molecule has 5 rings (SSSR count). The van der Waals surface area contributed by atoms with Crippen molar-refractivity contribution < 1.29 is 14.3 Å². The molecule has 5 nitrogen and oxygen atoms in total. The molecule has 4 bridgehead atoms. The molecule has 0 unspecified atom stereocenters. The van der Waals surface area contributed by atoms with Crippen LogP contribution in [0.2, 0.25) is 0 Å². The summed E-state index contributed by atoms with van der Waals surface area (Å²) in [5.74, 6) is 1.73. The van der Waals surface area contributed by atoms with Crippen molar-refractivity contribution in [2.24, 2.45) is 23.7 Å². The normalized spacial score (nSPS) is 37.0. The van der Waals surface area contributed by atoms with Gasteiger partial charge in [0.1, 0.15) is 0 Å². The van der Waals surface area contributed by atoms with Crippen molar-refractivity contribution in [3.05, 3.63) is 11.6 Å². The Kier molecular flexibility index (Phi) is 5.58. The zero-order valence-electron chi connectivity index (χ0n) is 16.6. The lowest BCUT2D eigenvalue weighted by molar-refractivity contribution is -0.188. The monoisotopic (exact) mass is 374 g/mol. The van der Waals surface area contributed by atoms with Crippen molar-refractivity contribution in [3.8, 4) is 0 Å². The Labute approximate surface area is 162 Å². The second-order valence-corrected chi connectivity index (χ2v) is 9.26. The molecule has 27 heavy (non-hydrogen) atoms. The molecule has 0 aromatic rings. The highest BCUT2D eigenvalue weighted by Gasteiger charge is 2.57. The van der Waals surface area contributed by atoms with E-state index in [0.717, 1.165) is 31.1 Å². The fraction of sp³-hybridized carbons (Fsp3) is 0.818. The van der Waals surface area contributed by atoms with E-state index in [4.69, 9.17) is 4.74 Å². The molecule has 0 spiro atoms. The quantitative estimate of drug-likeness (QED) is 0.555. The molecule has 0 aromatic heterocycles. The standard InChI is InChI=1S/C22H34N2O3/c1-27-22(18-10-16-9-17(12-18)13-19(22)11-16)14-24-21(26)20(25)23-8-7-15-5-3-2-4-6-15/h5,16-19H,2-4,6-14H2,1H3,(H,23,25)(H,24,26). The molecule has 5 aliphatic rings. The first kappa shape index (κ1) is 19.0. The van der Waals surface area contributed by atoms with E-state index in [2.05, 4.69) is 16.7 Å². The predicted octanol–water partition coefficient (Wildman–Crippen LogP) is 2.95. The fourth-order valence-corrected chi connectivity index (χ4v) is 6.52. The summed E-state index contributed by atoms with van der Waals surface area (Å²) in [7, 11) is 1.78. The van der Waals surface area contributed by atoms with Crippen molar-refractivity contribution >= 4 is 11.8 Å². The maximum Gasteiger partial charge on any atom is 0.309 e. The summed E-state index contributed by atoms with van der Waals surface area (Å²) in [6, 6.07) is 0. The number of carbonyl (C=O) groups excluding carboxylic acids is 2. The van der Waals surface area contributed by atoms with Gasteiger partial charge in [-0.25, -0.2) is 0 Å². The van der Waals surface area contributed by atoms with E-state index in [1.165, 1.54) is 50.5 Å². The van der Waals surface area contributed by atoms with Gasteiger partial charge in [-0.3, -0.25) is 9.59 Å². The van der Waals surface area contributed by atoms with Crippen molar-refractivity contribution in [1.29, 1.82) is 0 Å². The van der Waals surface area contributed by atoms with Gasteiger partial charge in [0.05, 0.1) is 5.60 Å². The Bertz CT molecular complexity index is 585. The third-order valence-electron chi connectivity index (χ3n) is 7.75. The number of carbonyl (C=O) groups is 2. The van der Waals surface area contributed by atoms with E-state index < -0.39 is 11.8 Å². The molecule has 0 aliphatic heterocycles. The van der Waals surface area contributed by atoms with Crippen LogP contribution >= 0.6 is 0 Å². The Hall–Kier alpha value is -1.36. The van der Waals surface area contributed by atoms with Crippen molar-refractivity contribution in [2.75, 3.05) is 20.2 Å². The smallest absolute Gasteiger partial charge is 0.309 e. The minimum atomic E-state index is -0.516. The third-order valence-corrected chi connectivity index (χ3v) is 7.75. The number of amides is 2. The third kappa shape index (κ3) is 3.80. The molecule has 150 valence electrons. The molecule has 0 atom stereocenters. The molecule has 0 aromatic carbocycles. The zero-order valence-corrected chi connectivity index (χ0v) is 16.6. The number of methoxy groups -OCH3 is 1. The van der Waals surface area contributed by atoms with Crippen LogP contribution in [0.1, 0.15) is 64.2 Å². The van der Waals surface area contributed by atoms with Crippen LogP contribution < -0.4 is 10.6 Å². The van der Waals surface area contributed by atoms with Crippen LogP contribution in [0.15, 0.2) is 11.6 Å². The first-order valence-electron chi connectivity index (χ1n) is 10.9. The van der Waals surface area contributed by atoms with E-state index in [9.17, 15) is 9.59 Å². The molecule has 0 radical (unpaired) electrons. The highest BCUT2D eigenvalue weighted by Crippen LogP contribution is 2.59. The number of hydrogen-bond donors (Lipinski definition) is 2. The van der Waals surface area contributed by atoms with Gasteiger partial charge >= 0.3 is 11.8 Å². The summed E-state index contributed by atoms with van der Waals surface area (Å²) < 4.78 is 6.05. The average molecular weight is 375 g/mol. The Morgan fingerprint density at radius 2 is 1.70 bits per heavy atom. The van der Waals surface area contributed by atoms with Gasteiger partial charge < -0.3 is 15.4 Å². The van der Waals surface area contributed by atoms with Crippen molar-refractivity contribution in [2.45, 2.75) is 69.8 Å². The van der Waals surface area contributed by atoms with Crippen LogP contribution in [0.4, 0.5) is 0 Å². The van der Waals surface area contributed by atoms with Crippen LogP contribution in [-0.4, -0.2) is 37.6 Å². The van der Waals surface area contributed by atoms with Gasteiger partial charge in [-0.15, -0.1) is 0 Å². The van der Waals surface area contributed by atoms with Gasteiger partial charge in [-0.2, -0.15) is 0 Å². The molecular formula is C22H34N2O3. The second-order valence-electron chi connectivity index (χ2n) is 9.26. The first-order valence-corrected chi connectivity index (χ1v) is 10.9. The largest absolute Gasteiger partial charge is 0.376 e. The van der Waals surface area contributed by atoms with Gasteiger partial charge in [0.2, 0.25) is 0 Å². The molecule has 4 fully saturated rings. The lowest BCUT2D eigenvalue weighted by atomic mass is 9.49. The van der Waals surface area contributed by atoms with Crippen LogP contribution in [0.25, 0.3) is 0 Å². The Balaban J connectivity index is 1.26. The fourth-order valence-electron chi connectivity index (χ4n) is 6.52. The second kappa shape index (κ2) is 7.94. The topological polar surface area (TPSA) is 67.4 Å². The first-order chi connectivity index (χ1) is 13.1. The summed E-state index contributed by atoms with van der Waals surface area (Å²) >= 11 is 0. The number of rotatable bonds is 6. The van der Waals surface area contributed by atoms with Crippen LogP contribution in [0.3, 0.4) is 0 Å². The molecule has 5 heteroatoms. The summed E-state index contributed by atoms with van der Waals surface area (Å²) in [5.41, 5.74) is 1.14. The lowest BCUT2D eigenvalue weighted by Crippen LogP contribution is -2.63. The summed E-state index contributed by atoms with van der Waals surface area (Å²) in [5, 5.41) is 5.68. The number of allylic oxidation sites excluding steroid dienone is 1. The Morgan fingerprint density at radius 1 is 1.04 bits per heavy atom. The molecule has 2 N–H and O–H groups in total. The highest BCUT2D eigenvalue weighted by molar-refractivity contribution is 6.35. The van der Waals surface area contributed by atoms with Crippen LogP contribution in [-0.2, 0) is 14.3 Å². The minimum Gasteiger partial charge on any atom is -0.376 e. The van der Waals surface area contributed by atoms with Crippen molar-refractivity contribution in [3.63, 3.8) is 0 Å². The van der Waals surface area contributed by atoms with E-state index in [0.29, 0.717) is 24.9 Å². The SMILES string of the molecule is COC1(CNC(=O)C(=O)NCCC2=CCCCC2)C2CC3CC(C2)CC1C3. The maximum absolute atomic E-state index is 12.3. The van der Waals surface area contributed by atoms with Gasteiger partial charge in [-0.1, -0.05) is 11.6 Å². The van der Waals surface area contributed by atoms with Gasteiger partial charge in [0.15, 0.2) is 0 Å². The van der Waals surface area contributed by atoms with E-state index in [1.807, 2.05) is 0 Å². The molecule has 2 amide bonds. The van der Waals surface area contributed by atoms with E-state index in [-0.39, 0.29) is 5.60 Å². The number of hydrogen-bond acceptors (Lipinski definition) is 3. The number of nitrogens with one attached hydrogen (secondary N) is 2. The van der Waals surface area contributed by atoms with Gasteiger partial charge in [0, 0.05) is 20.2 Å². The summed E-state index contributed by atoms with van der Waals surface area (Å²) in [6.45, 7) is 1.01. The van der Waals surface area contributed by atoms with Crippen LogP contribution in [0, 0.1) is 23.7 Å². The van der Waals surface area contributed by atoms with Gasteiger partial charge in [0.25, 0.3) is 0 Å². The summed E-state index contributed by atoms with van der Waals surface area (Å²) in [4.78, 5) is 24.5. The minimum absolute atomic E-state index is 0.268. The molecule has 5 aliphatic carbocycles. The molecular weight excluding hydrogens is 340 g/mol. The van der Waals surface area contributed by atoms with E-state index >= 15 is 0 Å². The molecule has 4 saturated carbocycles.